The Bertz CT molecular complexity index is 1300. The van der Waals surface area contributed by atoms with Crippen LogP contribution in [0.25, 0.3) is 11.1 Å². The van der Waals surface area contributed by atoms with E-state index >= 15 is 0 Å². The molecule has 0 spiro atoms. The Morgan fingerprint density at radius 3 is 2.47 bits per heavy atom. The zero-order valence-corrected chi connectivity index (χ0v) is 20.4. The highest BCUT2D eigenvalue weighted by Crippen LogP contribution is 2.50. The second-order valence-electron chi connectivity index (χ2n) is 7.98. The second-order valence-corrected chi connectivity index (χ2v) is 9.04. The molecule has 178 valence electrons. The third kappa shape index (κ3) is 4.56. The first-order chi connectivity index (χ1) is 16.4. The molecule has 4 rings (SSSR count). The van der Waals surface area contributed by atoms with Crippen LogP contribution in [0.5, 0.6) is 17.2 Å². The van der Waals surface area contributed by atoms with Gasteiger partial charge in [-0.1, -0.05) is 12.6 Å². The summed E-state index contributed by atoms with van der Waals surface area (Å²) in [5.41, 5.74) is 1.87. The van der Waals surface area contributed by atoms with Gasteiger partial charge in [-0.15, -0.1) is 11.3 Å². The largest absolute Gasteiger partial charge is 0.506 e. The van der Waals surface area contributed by atoms with Crippen molar-refractivity contribution in [2.75, 3.05) is 21.3 Å². The van der Waals surface area contributed by atoms with Crippen LogP contribution < -0.4 is 15.0 Å². The van der Waals surface area contributed by atoms with Gasteiger partial charge in [0.15, 0.2) is 0 Å². The molecule has 0 unspecified atom stereocenters. The van der Waals surface area contributed by atoms with E-state index in [2.05, 4.69) is 21.5 Å². The van der Waals surface area contributed by atoms with E-state index in [0.717, 1.165) is 23.5 Å². The fourth-order valence-corrected chi connectivity index (χ4v) is 4.52. The van der Waals surface area contributed by atoms with Crippen LogP contribution in [0.3, 0.4) is 0 Å². The summed E-state index contributed by atoms with van der Waals surface area (Å²) in [5, 5.41) is 14.4. The molecule has 0 amide bonds. The van der Waals surface area contributed by atoms with Crippen LogP contribution in [-0.4, -0.2) is 42.2 Å². The van der Waals surface area contributed by atoms with Crippen molar-refractivity contribution in [1.29, 1.82) is 0 Å². The van der Waals surface area contributed by atoms with Gasteiger partial charge in [0.2, 0.25) is 5.90 Å². The predicted molar refractivity (Wildman–Crippen MR) is 132 cm³/mol. The maximum absolute atomic E-state index is 13.1. The number of nitrogens with zero attached hydrogens (tertiary/aromatic N) is 2. The maximum atomic E-state index is 13.1. The minimum absolute atomic E-state index is 0.0341. The monoisotopic (exact) mass is 481 g/mol. The molecular weight excluding hydrogens is 454 g/mol. The third-order valence-electron chi connectivity index (χ3n) is 5.58. The Morgan fingerprint density at radius 1 is 1.26 bits per heavy atom. The number of pyridine rings is 1. The minimum atomic E-state index is -0.491. The zero-order chi connectivity index (χ0) is 24.4. The average molecular weight is 482 g/mol. The summed E-state index contributed by atoms with van der Waals surface area (Å²) in [7, 11) is 4.59. The smallest absolute Gasteiger partial charge is 0.264 e. The van der Waals surface area contributed by atoms with E-state index in [1.54, 1.807) is 32.4 Å². The number of rotatable bonds is 8. The second kappa shape index (κ2) is 9.72. The van der Waals surface area contributed by atoms with E-state index in [9.17, 15) is 9.90 Å². The Morgan fingerprint density at radius 2 is 1.94 bits per heavy atom. The van der Waals surface area contributed by atoms with Crippen LogP contribution in [-0.2, 0) is 11.2 Å². The Labute approximate surface area is 201 Å². The Kier molecular flexibility index (Phi) is 6.74. The molecule has 0 bridgehead atoms. The number of nitrogens with one attached hydrogen (secondary N) is 1. The SMILES string of the molecule is C=C(Cc1csc(C)n1)OC(=NC)c1c(O)c(-c2c(OC)cccc2OC)c(C2CC2)[nH]c1=O. The topological polar surface area (TPSA) is 106 Å². The van der Waals surface area contributed by atoms with Gasteiger partial charge in [-0.3, -0.25) is 9.79 Å². The molecule has 1 aliphatic rings. The summed E-state index contributed by atoms with van der Waals surface area (Å²) in [6.45, 7) is 5.87. The highest BCUT2D eigenvalue weighted by atomic mass is 32.1. The van der Waals surface area contributed by atoms with Crippen molar-refractivity contribution in [3.05, 3.63) is 68.2 Å². The molecule has 0 aliphatic heterocycles. The quantitative estimate of drug-likeness (QED) is 0.278. The van der Waals surface area contributed by atoms with E-state index in [0.29, 0.717) is 40.5 Å². The molecule has 0 radical (unpaired) electrons. The van der Waals surface area contributed by atoms with Crippen molar-refractivity contribution in [3.63, 3.8) is 0 Å². The minimum Gasteiger partial charge on any atom is -0.506 e. The zero-order valence-electron chi connectivity index (χ0n) is 19.6. The predicted octanol–water partition coefficient (Wildman–Crippen LogP) is 4.56. The molecule has 8 nitrogen and oxygen atoms in total. The molecule has 2 aromatic heterocycles. The van der Waals surface area contributed by atoms with Crippen LogP contribution in [0.1, 0.15) is 40.7 Å². The van der Waals surface area contributed by atoms with Gasteiger partial charge in [0, 0.05) is 24.5 Å². The summed E-state index contributed by atoms with van der Waals surface area (Å²) in [6, 6.07) is 5.36. The standard InChI is InChI=1S/C25H27N3O5S/c1-13(11-16-12-34-14(2)27-16)33-25(26-3)21-23(29)20(22(15-9-10-15)28-24(21)30)19-17(31-4)7-6-8-18(19)32-5/h6-8,12,15H,1,9-11H2,2-5H3,(H2,28,29,30). The van der Waals surface area contributed by atoms with Crippen molar-refractivity contribution in [2.45, 2.75) is 32.1 Å². The fourth-order valence-electron chi connectivity index (χ4n) is 3.91. The van der Waals surface area contributed by atoms with Crippen molar-refractivity contribution in [1.82, 2.24) is 9.97 Å². The van der Waals surface area contributed by atoms with E-state index in [1.807, 2.05) is 12.3 Å². The van der Waals surface area contributed by atoms with Gasteiger partial charge in [0.05, 0.1) is 36.0 Å². The molecule has 0 atom stereocenters. The van der Waals surface area contributed by atoms with Crippen LogP contribution in [0.2, 0.25) is 0 Å². The number of ether oxygens (including phenoxy) is 3. The molecule has 9 heteroatoms. The van der Waals surface area contributed by atoms with Crippen molar-refractivity contribution in [3.8, 4) is 28.4 Å². The lowest BCUT2D eigenvalue weighted by atomic mass is 9.96. The van der Waals surface area contributed by atoms with E-state index < -0.39 is 5.56 Å². The molecule has 3 aromatic rings. The molecular formula is C25H27N3O5S. The number of benzene rings is 1. The van der Waals surface area contributed by atoms with Crippen LogP contribution >= 0.6 is 11.3 Å². The molecule has 34 heavy (non-hydrogen) atoms. The van der Waals surface area contributed by atoms with E-state index in [-0.39, 0.29) is 23.1 Å². The van der Waals surface area contributed by atoms with Crippen LogP contribution in [0, 0.1) is 6.92 Å². The maximum Gasteiger partial charge on any atom is 0.264 e. The molecule has 0 saturated heterocycles. The van der Waals surface area contributed by atoms with Gasteiger partial charge in [-0.05, 0) is 37.8 Å². The number of aryl methyl sites for hydroxylation is 1. The van der Waals surface area contributed by atoms with Gasteiger partial charge >= 0.3 is 0 Å². The lowest BCUT2D eigenvalue weighted by Crippen LogP contribution is -2.23. The highest BCUT2D eigenvalue weighted by Gasteiger charge is 2.34. The number of H-pyrrole nitrogens is 1. The van der Waals surface area contributed by atoms with Gasteiger partial charge in [-0.25, -0.2) is 4.98 Å². The Balaban J connectivity index is 1.82. The first-order valence-electron chi connectivity index (χ1n) is 10.8. The molecule has 1 saturated carbocycles. The van der Waals surface area contributed by atoms with Crippen molar-refractivity contribution < 1.29 is 19.3 Å². The van der Waals surface area contributed by atoms with Crippen LogP contribution in [0.4, 0.5) is 0 Å². The first-order valence-corrected chi connectivity index (χ1v) is 11.7. The number of thiazole rings is 1. The lowest BCUT2D eigenvalue weighted by Gasteiger charge is -2.19. The number of allylic oxidation sites excluding steroid dienone is 1. The normalized spacial score (nSPS) is 13.6. The Hall–Kier alpha value is -3.59. The summed E-state index contributed by atoms with van der Waals surface area (Å²) in [5.74, 6) is 1.22. The molecule has 2 N–H and O–H groups in total. The third-order valence-corrected chi connectivity index (χ3v) is 6.41. The molecule has 1 fully saturated rings. The number of methoxy groups -OCH3 is 2. The fraction of sp³-hybridized carbons (Fsp3) is 0.320. The van der Waals surface area contributed by atoms with Gasteiger partial charge in [0.25, 0.3) is 5.56 Å². The molecule has 1 aromatic carbocycles. The average Bonchev–Trinajstić information content (AvgIpc) is 3.59. The number of aromatic nitrogens is 2. The lowest BCUT2D eigenvalue weighted by molar-refractivity contribution is 0.394. The van der Waals surface area contributed by atoms with Gasteiger partial charge < -0.3 is 24.3 Å². The number of aromatic amines is 1. The number of hydrogen-bond donors (Lipinski definition) is 2. The summed E-state index contributed by atoms with van der Waals surface area (Å²) in [4.78, 5) is 24.7. The highest BCUT2D eigenvalue weighted by molar-refractivity contribution is 7.09. The number of hydrogen-bond acceptors (Lipinski definition) is 8. The van der Waals surface area contributed by atoms with E-state index in [4.69, 9.17) is 14.2 Å². The summed E-state index contributed by atoms with van der Waals surface area (Å²) < 4.78 is 17.0. The number of aromatic hydroxyl groups is 1. The molecule has 1 aliphatic carbocycles. The van der Waals surface area contributed by atoms with Gasteiger partial charge in [0.1, 0.15) is 28.6 Å². The van der Waals surface area contributed by atoms with Crippen molar-refractivity contribution >= 4 is 17.2 Å². The summed E-state index contributed by atoms with van der Waals surface area (Å²) in [6.07, 6.45) is 2.18. The summed E-state index contributed by atoms with van der Waals surface area (Å²) >= 11 is 1.53. The van der Waals surface area contributed by atoms with Crippen LogP contribution in [0.15, 0.2) is 45.7 Å². The van der Waals surface area contributed by atoms with E-state index in [1.165, 1.54) is 18.4 Å². The van der Waals surface area contributed by atoms with Gasteiger partial charge in [-0.2, -0.15) is 0 Å². The molecule has 2 heterocycles. The van der Waals surface area contributed by atoms with Crippen molar-refractivity contribution in [2.24, 2.45) is 4.99 Å². The number of aliphatic imine (C=N–C) groups is 1. The first kappa shape index (κ1) is 23.6.